The molecule has 1 saturated heterocycles. The van der Waals surface area contributed by atoms with Crippen LogP contribution < -0.4 is 24.7 Å². The standard InChI is InChI=1S/C21H21NO7/c1-25-15-3-9(4-16(26-2)20(15)23)17-10-5-13-14(29-8-28-13)6-11(10)19(22)12-7-27-21(24)18(12)17/h3-6,12,17-19,23H,7-8,22H2,1-2H3/t12?,17-,18+,19-/m1/s1. The van der Waals surface area contributed by atoms with Crippen molar-refractivity contribution in [3.05, 3.63) is 41.0 Å². The van der Waals surface area contributed by atoms with Gasteiger partial charge in [0.25, 0.3) is 0 Å². The molecule has 0 aromatic heterocycles. The second kappa shape index (κ2) is 6.45. The van der Waals surface area contributed by atoms with Gasteiger partial charge in [0.2, 0.25) is 12.5 Å². The van der Waals surface area contributed by atoms with Gasteiger partial charge >= 0.3 is 5.97 Å². The molecule has 3 N–H and O–H groups in total. The summed E-state index contributed by atoms with van der Waals surface area (Å²) in [6.07, 6.45) is 0. The van der Waals surface area contributed by atoms with Crippen LogP contribution in [0.25, 0.3) is 0 Å². The predicted octanol–water partition coefficient (Wildman–Crippen LogP) is 2.07. The Morgan fingerprint density at radius 1 is 1.00 bits per heavy atom. The fourth-order valence-corrected chi connectivity index (χ4v) is 4.70. The van der Waals surface area contributed by atoms with Crippen molar-refractivity contribution >= 4 is 5.97 Å². The van der Waals surface area contributed by atoms with Crippen molar-refractivity contribution in [2.24, 2.45) is 17.6 Å². The molecule has 8 nitrogen and oxygen atoms in total. The lowest BCUT2D eigenvalue weighted by molar-refractivity contribution is -0.141. The van der Waals surface area contributed by atoms with Crippen molar-refractivity contribution in [2.75, 3.05) is 27.6 Å². The molecule has 2 aromatic carbocycles. The molecule has 0 bridgehead atoms. The van der Waals surface area contributed by atoms with E-state index in [1.807, 2.05) is 12.1 Å². The van der Waals surface area contributed by atoms with Gasteiger partial charge in [0.1, 0.15) is 0 Å². The van der Waals surface area contributed by atoms with Gasteiger partial charge < -0.3 is 34.5 Å². The van der Waals surface area contributed by atoms with E-state index in [2.05, 4.69) is 0 Å². The average Bonchev–Trinajstić information content (AvgIpc) is 3.34. The van der Waals surface area contributed by atoms with Gasteiger partial charge in [0.05, 0.1) is 26.7 Å². The topological polar surface area (TPSA) is 109 Å². The third kappa shape index (κ3) is 2.52. The Morgan fingerprint density at radius 2 is 1.62 bits per heavy atom. The summed E-state index contributed by atoms with van der Waals surface area (Å²) >= 11 is 0. The zero-order valence-corrected chi connectivity index (χ0v) is 16.0. The van der Waals surface area contributed by atoms with Crippen molar-refractivity contribution in [1.29, 1.82) is 0 Å². The van der Waals surface area contributed by atoms with Gasteiger partial charge in [-0.15, -0.1) is 0 Å². The predicted molar refractivity (Wildman–Crippen MR) is 100 cm³/mol. The summed E-state index contributed by atoms with van der Waals surface area (Å²) in [5, 5.41) is 10.3. The molecule has 152 valence electrons. The summed E-state index contributed by atoms with van der Waals surface area (Å²) in [5.41, 5.74) is 9.07. The van der Waals surface area contributed by atoms with Crippen molar-refractivity contribution in [3.63, 3.8) is 0 Å². The second-order valence-electron chi connectivity index (χ2n) is 7.43. The fourth-order valence-electron chi connectivity index (χ4n) is 4.70. The molecule has 2 aliphatic heterocycles. The highest BCUT2D eigenvalue weighted by molar-refractivity contribution is 5.79. The summed E-state index contributed by atoms with van der Waals surface area (Å²) in [7, 11) is 2.93. The lowest BCUT2D eigenvalue weighted by Gasteiger charge is -2.37. The number of hydrogen-bond donors (Lipinski definition) is 2. The van der Waals surface area contributed by atoms with Crippen LogP contribution in [0.1, 0.15) is 28.7 Å². The van der Waals surface area contributed by atoms with Gasteiger partial charge in [-0.25, -0.2) is 0 Å². The van der Waals surface area contributed by atoms with Crippen LogP contribution in [0.2, 0.25) is 0 Å². The Morgan fingerprint density at radius 3 is 2.24 bits per heavy atom. The van der Waals surface area contributed by atoms with E-state index in [1.165, 1.54) is 14.2 Å². The number of phenolic OH excluding ortho intramolecular Hbond substituents is 1. The largest absolute Gasteiger partial charge is 0.502 e. The highest BCUT2D eigenvalue weighted by atomic mass is 16.7. The maximum absolute atomic E-state index is 12.7. The first kappa shape index (κ1) is 17.9. The number of rotatable bonds is 3. The molecule has 2 aromatic rings. The number of fused-ring (bicyclic) bond motifs is 3. The Balaban J connectivity index is 1.75. The minimum absolute atomic E-state index is 0.0947. The molecule has 0 saturated carbocycles. The number of methoxy groups -OCH3 is 2. The third-order valence-corrected chi connectivity index (χ3v) is 6.11. The quantitative estimate of drug-likeness (QED) is 0.755. The molecular formula is C21H21NO7. The fraction of sp³-hybridized carbons (Fsp3) is 0.381. The molecule has 5 rings (SSSR count). The van der Waals surface area contributed by atoms with Gasteiger partial charge in [-0.1, -0.05) is 0 Å². The molecule has 0 radical (unpaired) electrons. The van der Waals surface area contributed by atoms with Crippen molar-refractivity contribution in [2.45, 2.75) is 12.0 Å². The zero-order chi connectivity index (χ0) is 20.3. The minimum atomic E-state index is -0.461. The molecule has 29 heavy (non-hydrogen) atoms. The lowest BCUT2D eigenvalue weighted by Crippen LogP contribution is -2.38. The van der Waals surface area contributed by atoms with Crippen LogP contribution in [0.5, 0.6) is 28.7 Å². The first-order chi connectivity index (χ1) is 14.0. The summed E-state index contributed by atoms with van der Waals surface area (Å²) in [5.74, 6) is 0.406. The van der Waals surface area contributed by atoms with E-state index in [9.17, 15) is 9.90 Å². The van der Waals surface area contributed by atoms with Crippen molar-refractivity contribution in [3.8, 4) is 28.7 Å². The van der Waals surface area contributed by atoms with Crippen LogP contribution in [0.4, 0.5) is 0 Å². The number of aromatic hydroxyl groups is 1. The Kier molecular flexibility index (Phi) is 3.99. The van der Waals surface area contributed by atoms with Crippen LogP contribution in [-0.4, -0.2) is 38.7 Å². The molecule has 2 heterocycles. The molecule has 0 amide bonds. The van der Waals surface area contributed by atoms with Gasteiger partial charge in [0.15, 0.2) is 23.0 Å². The molecular weight excluding hydrogens is 378 g/mol. The highest BCUT2D eigenvalue weighted by Gasteiger charge is 2.51. The molecule has 1 fully saturated rings. The summed E-state index contributed by atoms with van der Waals surface area (Å²) in [6.45, 7) is 0.412. The summed E-state index contributed by atoms with van der Waals surface area (Å²) in [4.78, 5) is 12.7. The van der Waals surface area contributed by atoms with Crippen LogP contribution in [0.3, 0.4) is 0 Å². The van der Waals surface area contributed by atoms with Crippen molar-refractivity contribution < 1.29 is 33.6 Å². The number of benzene rings is 2. The smallest absolute Gasteiger partial charge is 0.310 e. The number of nitrogens with two attached hydrogens (primary N) is 1. The van der Waals surface area contributed by atoms with E-state index in [0.717, 1.165) is 16.7 Å². The zero-order valence-electron chi connectivity index (χ0n) is 16.0. The monoisotopic (exact) mass is 399 g/mol. The minimum Gasteiger partial charge on any atom is -0.502 e. The molecule has 3 aliphatic rings. The molecule has 1 unspecified atom stereocenters. The second-order valence-corrected chi connectivity index (χ2v) is 7.43. The highest BCUT2D eigenvalue weighted by Crippen LogP contribution is 2.54. The van der Waals surface area contributed by atoms with E-state index in [1.54, 1.807) is 12.1 Å². The van der Waals surface area contributed by atoms with Crippen LogP contribution >= 0.6 is 0 Å². The van der Waals surface area contributed by atoms with E-state index in [-0.39, 0.29) is 54.5 Å². The number of phenols is 1. The Labute approximate surface area is 167 Å². The molecule has 0 spiro atoms. The average molecular weight is 399 g/mol. The summed E-state index contributed by atoms with van der Waals surface area (Å²) < 4.78 is 27.1. The van der Waals surface area contributed by atoms with E-state index in [0.29, 0.717) is 11.5 Å². The first-order valence-corrected chi connectivity index (χ1v) is 9.34. The number of carbonyl (C=O) groups excluding carboxylic acids is 1. The Bertz CT molecular complexity index is 980. The first-order valence-electron chi connectivity index (χ1n) is 9.34. The third-order valence-electron chi connectivity index (χ3n) is 6.11. The van der Waals surface area contributed by atoms with Gasteiger partial charge in [-0.3, -0.25) is 4.79 Å². The summed E-state index contributed by atoms with van der Waals surface area (Å²) in [6, 6.07) is 6.85. The molecule has 8 heteroatoms. The lowest BCUT2D eigenvalue weighted by atomic mass is 9.65. The number of hydrogen-bond acceptors (Lipinski definition) is 8. The number of ether oxygens (including phenoxy) is 5. The van der Waals surface area contributed by atoms with E-state index >= 15 is 0 Å². The van der Waals surface area contributed by atoms with Gasteiger partial charge in [-0.05, 0) is 41.0 Å². The molecule has 1 aliphatic carbocycles. The maximum atomic E-state index is 12.7. The van der Waals surface area contributed by atoms with E-state index < -0.39 is 5.92 Å². The SMILES string of the molecule is COc1cc([C@@H]2c3cc4c(cc3[C@@H](N)C3COC(=O)[C@@H]32)OCO4)cc(OC)c1O. The number of esters is 1. The Hall–Kier alpha value is -3.13. The van der Waals surface area contributed by atoms with E-state index in [4.69, 9.17) is 29.4 Å². The normalized spacial score (nSPS) is 26.5. The number of cyclic esters (lactones) is 1. The van der Waals surface area contributed by atoms with Gasteiger partial charge in [-0.2, -0.15) is 0 Å². The van der Waals surface area contributed by atoms with Crippen LogP contribution in [0.15, 0.2) is 24.3 Å². The van der Waals surface area contributed by atoms with Crippen molar-refractivity contribution in [1.82, 2.24) is 0 Å². The molecule has 4 atom stereocenters. The number of carbonyl (C=O) groups is 1. The maximum Gasteiger partial charge on any atom is 0.310 e. The van der Waals surface area contributed by atoms with Crippen LogP contribution in [0, 0.1) is 11.8 Å². The van der Waals surface area contributed by atoms with Gasteiger partial charge in [0, 0.05) is 17.9 Å². The van der Waals surface area contributed by atoms with Crippen LogP contribution in [-0.2, 0) is 9.53 Å².